The minimum absolute atomic E-state index is 0.236. The van der Waals surface area contributed by atoms with Crippen molar-refractivity contribution in [3.05, 3.63) is 90.4 Å². The minimum Gasteiger partial charge on any atom is -0.378 e. The van der Waals surface area contributed by atoms with Gasteiger partial charge in [-0.05, 0) is 79.4 Å². The molecule has 4 heterocycles. The number of fused-ring (bicyclic) bond motifs is 1. The van der Waals surface area contributed by atoms with Crippen molar-refractivity contribution in [3.63, 3.8) is 0 Å². The second-order valence-electron chi connectivity index (χ2n) is 9.69. The number of carbonyl (C=O) groups is 1. The van der Waals surface area contributed by atoms with Crippen LogP contribution in [-0.4, -0.2) is 52.8 Å². The molecule has 0 aliphatic carbocycles. The Bertz CT molecular complexity index is 1320. The maximum atomic E-state index is 12.3. The van der Waals surface area contributed by atoms with Gasteiger partial charge in [-0.25, -0.2) is 4.79 Å². The van der Waals surface area contributed by atoms with Crippen LogP contribution < -0.4 is 10.6 Å². The Morgan fingerprint density at radius 2 is 1.81 bits per heavy atom. The molecule has 2 aromatic heterocycles. The van der Waals surface area contributed by atoms with E-state index in [1.54, 1.807) is 12.4 Å². The van der Waals surface area contributed by atoms with E-state index in [0.29, 0.717) is 18.5 Å². The fraction of sp³-hybridized carbons (Fsp3) is 0.310. The summed E-state index contributed by atoms with van der Waals surface area (Å²) in [6.45, 7) is 4.49. The summed E-state index contributed by atoms with van der Waals surface area (Å²) in [5.41, 5.74) is 5.46. The first-order valence-electron chi connectivity index (χ1n) is 12.7. The van der Waals surface area contributed by atoms with Crippen LogP contribution >= 0.6 is 0 Å². The number of nitrogens with one attached hydrogen (secondary N) is 2. The highest BCUT2D eigenvalue weighted by molar-refractivity contribution is 5.89. The fourth-order valence-electron chi connectivity index (χ4n) is 5.32. The van der Waals surface area contributed by atoms with Gasteiger partial charge in [-0.1, -0.05) is 24.3 Å². The molecule has 0 spiro atoms. The average Bonchev–Trinajstić information content (AvgIpc) is 3.28. The molecule has 0 bridgehead atoms. The van der Waals surface area contributed by atoms with Gasteiger partial charge in [0.1, 0.15) is 0 Å². The lowest BCUT2D eigenvalue weighted by Gasteiger charge is -2.41. The van der Waals surface area contributed by atoms with Crippen molar-refractivity contribution >= 4 is 22.6 Å². The summed E-state index contributed by atoms with van der Waals surface area (Å²) in [5, 5.41) is 7.12. The molecule has 4 aromatic rings. The monoisotopic (exact) mass is 481 g/mol. The van der Waals surface area contributed by atoms with E-state index in [4.69, 9.17) is 4.74 Å². The molecular weight excluding hydrogens is 450 g/mol. The minimum atomic E-state index is -0.236. The third-order valence-electron chi connectivity index (χ3n) is 7.43. The van der Waals surface area contributed by atoms with Crippen molar-refractivity contribution in [1.82, 2.24) is 19.8 Å². The zero-order valence-electron chi connectivity index (χ0n) is 20.3. The highest BCUT2D eigenvalue weighted by Gasteiger charge is 2.31. The molecule has 0 radical (unpaired) electrons. The number of anilines is 1. The largest absolute Gasteiger partial charge is 0.378 e. The van der Waals surface area contributed by atoms with Gasteiger partial charge in [-0.3, -0.25) is 9.88 Å². The summed E-state index contributed by atoms with van der Waals surface area (Å²) in [6.07, 6.45) is 8.15. The Kier molecular flexibility index (Phi) is 6.40. The molecule has 2 N–H and O–H groups in total. The first kappa shape index (κ1) is 22.8. The molecule has 36 heavy (non-hydrogen) atoms. The molecule has 0 atom stereocenters. The molecule has 2 aliphatic heterocycles. The van der Waals surface area contributed by atoms with E-state index >= 15 is 0 Å². The Morgan fingerprint density at radius 3 is 2.53 bits per heavy atom. The first-order valence-corrected chi connectivity index (χ1v) is 12.7. The van der Waals surface area contributed by atoms with Gasteiger partial charge in [0.2, 0.25) is 0 Å². The lowest BCUT2D eigenvalue weighted by Crippen LogP contribution is -2.51. The van der Waals surface area contributed by atoms with Crippen LogP contribution in [0, 0.1) is 0 Å². The van der Waals surface area contributed by atoms with E-state index in [1.165, 1.54) is 29.3 Å². The lowest BCUT2D eigenvalue weighted by molar-refractivity contribution is -0.0712. The maximum absolute atomic E-state index is 12.3. The summed E-state index contributed by atoms with van der Waals surface area (Å²) in [4.78, 5) is 19.0. The highest BCUT2D eigenvalue weighted by Crippen LogP contribution is 2.36. The molecule has 2 saturated heterocycles. The fourth-order valence-corrected chi connectivity index (χ4v) is 5.32. The lowest BCUT2D eigenvalue weighted by atomic mass is 9.88. The number of nitrogens with zero attached hydrogens (tertiary/aromatic N) is 3. The molecule has 2 aliphatic rings. The van der Waals surface area contributed by atoms with Gasteiger partial charge in [0.25, 0.3) is 0 Å². The number of carbonyl (C=O) groups excluding carboxylic acids is 1. The van der Waals surface area contributed by atoms with Crippen LogP contribution in [0.15, 0.2) is 79.3 Å². The van der Waals surface area contributed by atoms with E-state index < -0.39 is 0 Å². The Labute approximate surface area is 211 Å². The third kappa shape index (κ3) is 4.72. The van der Waals surface area contributed by atoms with Gasteiger partial charge in [-0.2, -0.15) is 0 Å². The number of likely N-dealkylation sites (tertiary alicyclic amines) is 1. The average molecular weight is 482 g/mol. The number of para-hydroxylation sites is 1. The SMILES string of the molecule is O=C(NCc1cccnc1)Nc1ccc(-n2cc(C3CCN(C4COC4)CC3)c3ccccc32)cc1. The van der Waals surface area contributed by atoms with Crippen LogP contribution in [-0.2, 0) is 11.3 Å². The van der Waals surface area contributed by atoms with Crippen molar-refractivity contribution in [1.29, 1.82) is 0 Å². The molecule has 2 aromatic carbocycles. The normalized spacial score (nSPS) is 17.1. The van der Waals surface area contributed by atoms with Gasteiger partial charge >= 0.3 is 6.03 Å². The van der Waals surface area contributed by atoms with Gasteiger partial charge < -0.3 is 19.9 Å². The van der Waals surface area contributed by atoms with Gasteiger partial charge in [0.05, 0.1) is 24.8 Å². The summed E-state index contributed by atoms with van der Waals surface area (Å²) in [5.74, 6) is 0.567. The second kappa shape index (κ2) is 10.1. The Balaban J connectivity index is 1.15. The van der Waals surface area contributed by atoms with Gasteiger partial charge in [0, 0.05) is 41.9 Å². The Morgan fingerprint density at radius 1 is 1.00 bits per heavy atom. The van der Waals surface area contributed by atoms with Crippen molar-refractivity contribution in [2.45, 2.75) is 31.3 Å². The topological polar surface area (TPSA) is 71.4 Å². The predicted octanol–water partition coefficient (Wildman–Crippen LogP) is 4.93. The quantitative estimate of drug-likeness (QED) is 0.410. The number of ether oxygens (including phenoxy) is 1. The molecule has 0 unspecified atom stereocenters. The van der Waals surface area contributed by atoms with Crippen LogP contribution in [0.3, 0.4) is 0 Å². The zero-order chi connectivity index (χ0) is 24.3. The number of aromatic nitrogens is 2. The van der Waals surface area contributed by atoms with Crippen LogP contribution in [0.25, 0.3) is 16.6 Å². The first-order chi connectivity index (χ1) is 17.7. The number of urea groups is 1. The number of benzene rings is 2. The summed E-state index contributed by atoms with van der Waals surface area (Å²) < 4.78 is 7.68. The van der Waals surface area contributed by atoms with Crippen molar-refractivity contribution < 1.29 is 9.53 Å². The van der Waals surface area contributed by atoms with E-state index in [9.17, 15) is 4.79 Å². The molecule has 7 heteroatoms. The molecule has 6 rings (SSSR count). The number of hydrogen-bond acceptors (Lipinski definition) is 4. The van der Waals surface area contributed by atoms with Crippen LogP contribution in [0.4, 0.5) is 10.5 Å². The maximum Gasteiger partial charge on any atom is 0.319 e. The van der Waals surface area contributed by atoms with Crippen molar-refractivity contribution in [2.24, 2.45) is 0 Å². The van der Waals surface area contributed by atoms with Crippen LogP contribution in [0.1, 0.15) is 29.9 Å². The van der Waals surface area contributed by atoms with Crippen LogP contribution in [0.2, 0.25) is 0 Å². The zero-order valence-corrected chi connectivity index (χ0v) is 20.3. The third-order valence-corrected chi connectivity index (χ3v) is 7.43. The van der Waals surface area contributed by atoms with Crippen molar-refractivity contribution in [3.8, 4) is 5.69 Å². The van der Waals surface area contributed by atoms with E-state index in [-0.39, 0.29) is 6.03 Å². The second-order valence-corrected chi connectivity index (χ2v) is 9.69. The van der Waals surface area contributed by atoms with Crippen LogP contribution in [0.5, 0.6) is 0 Å². The predicted molar refractivity (Wildman–Crippen MR) is 142 cm³/mol. The van der Waals surface area contributed by atoms with E-state index in [1.807, 2.05) is 24.3 Å². The van der Waals surface area contributed by atoms with E-state index in [2.05, 4.69) is 67.7 Å². The number of pyridine rings is 1. The number of piperidine rings is 1. The molecular formula is C29H31N5O2. The van der Waals surface area contributed by atoms with E-state index in [0.717, 1.165) is 43.2 Å². The van der Waals surface area contributed by atoms with Crippen molar-refractivity contribution in [2.75, 3.05) is 31.6 Å². The molecule has 2 amide bonds. The highest BCUT2D eigenvalue weighted by atomic mass is 16.5. The summed E-state index contributed by atoms with van der Waals surface area (Å²) >= 11 is 0. The molecule has 7 nitrogen and oxygen atoms in total. The molecule has 2 fully saturated rings. The number of hydrogen-bond donors (Lipinski definition) is 2. The van der Waals surface area contributed by atoms with Gasteiger partial charge in [0.15, 0.2) is 0 Å². The summed E-state index contributed by atoms with van der Waals surface area (Å²) in [6, 6.07) is 20.9. The standard InChI is InChI=1S/C29H31N5O2/c35-29(31-17-21-4-3-13-30-16-21)32-23-7-9-24(10-8-23)34-18-27(26-5-1-2-6-28(26)34)22-11-14-33(15-12-22)25-19-36-20-25/h1-10,13,16,18,22,25H,11-12,14-15,17,19-20H2,(H2,31,32,35). The molecule has 184 valence electrons. The van der Waals surface area contributed by atoms with Gasteiger partial charge in [-0.15, -0.1) is 0 Å². The summed E-state index contributed by atoms with van der Waals surface area (Å²) in [7, 11) is 0. The smallest absolute Gasteiger partial charge is 0.319 e. The number of amides is 2. The Hall–Kier alpha value is -3.68. The molecule has 0 saturated carbocycles. The number of rotatable bonds is 6.